The van der Waals surface area contributed by atoms with Gasteiger partial charge in [-0.1, -0.05) is 23.5 Å². The van der Waals surface area contributed by atoms with Gasteiger partial charge in [-0.2, -0.15) is 0 Å². The first kappa shape index (κ1) is 16.0. The van der Waals surface area contributed by atoms with Crippen LogP contribution in [0.3, 0.4) is 0 Å². The highest BCUT2D eigenvalue weighted by molar-refractivity contribution is 8.00. The topological polar surface area (TPSA) is 42.0 Å². The number of hydrogen-bond acceptors (Lipinski definition) is 4. The number of benzene rings is 2. The molecule has 3 aromatic rings. The molecule has 0 fully saturated rings. The van der Waals surface area contributed by atoms with Gasteiger partial charge in [0.15, 0.2) is 5.13 Å². The molecule has 118 valence electrons. The number of fused-ring (bicyclic) bond motifs is 1. The monoisotopic (exact) mass is 346 g/mol. The zero-order chi connectivity index (χ0) is 16.4. The molecule has 0 atom stereocenters. The van der Waals surface area contributed by atoms with E-state index in [0.29, 0.717) is 5.13 Å². The second-order valence-electron chi connectivity index (χ2n) is 5.19. The fraction of sp³-hybridized carbons (Fsp3) is 0.176. The largest absolute Gasteiger partial charge is 0.301 e. The van der Waals surface area contributed by atoms with E-state index in [4.69, 9.17) is 0 Å². The van der Waals surface area contributed by atoms with Crippen LogP contribution < -0.4 is 5.32 Å². The number of anilines is 1. The number of hydrogen-bond donors (Lipinski definition) is 1. The van der Waals surface area contributed by atoms with Gasteiger partial charge in [0.2, 0.25) is 5.91 Å². The van der Waals surface area contributed by atoms with Crippen molar-refractivity contribution in [1.29, 1.82) is 0 Å². The van der Waals surface area contributed by atoms with Crippen molar-refractivity contribution in [2.45, 2.75) is 18.7 Å². The van der Waals surface area contributed by atoms with Gasteiger partial charge in [0.05, 0.1) is 16.0 Å². The number of thiazole rings is 1. The lowest BCUT2D eigenvalue weighted by Gasteiger charge is -2.02. The van der Waals surface area contributed by atoms with Crippen molar-refractivity contribution < 1.29 is 9.18 Å². The van der Waals surface area contributed by atoms with Gasteiger partial charge in [-0.15, -0.1) is 11.8 Å². The van der Waals surface area contributed by atoms with E-state index in [1.54, 1.807) is 12.1 Å². The molecule has 1 heterocycles. The number of thioether (sulfide) groups is 1. The molecule has 6 heteroatoms. The molecule has 0 radical (unpaired) electrons. The van der Waals surface area contributed by atoms with Gasteiger partial charge in [0.1, 0.15) is 5.82 Å². The number of aromatic nitrogens is 1. The predicted molar refractivity (Wildman–Crippen MR) is 94.8 cm³/mol. The lowest BCUT2D eigenvalue weighted by Crippen LogP contribution is -2.13. The summed E-state index contributed by atoms with van der Waals surface area (Å²) >= 11 is 2.86. The van der Waals surface area contributed by atoms with E-state index in [1.165, 1.54) is 35.2 Å². The maximum Gasteiger partial charge on any atom is 0.236 e. The number of nitrogens with one attached hydrogen (secondary N) is 1. The van der Waals surface area contributed by atoms with Gasteiger partial charge in [-0.3, -0.25) is 4.79 Å². The van der Waals surface area contributed by atoms with Crippen LogP contribution in [0, 0.1) is 19.7 Å². The fourth-order valence-corrected chi connectivity index (χ4v) is 3.87. The van der Waals surface area contributed by atoms with E-state index in [0.717, 1.165) is 26.2 Å². The quantitative estimate of drug-likeness (QED) is 0.691. The Morgan fingerprint density at radius 1 is 1.17 bits per heavy atom. The van der Waals surface area contributed by atoms with Crippen LogP contribution in [0.15, 0.2) is 41.3 Å². The zero-order valence-corrected chi connectivity index (χ0v) is 14.4. The molecule has 0 aliphatic carbocycles. The number of aryl methyl sites for hydroxylation is 2. The highest BCUT2D eigenvalue weighted by Crippen LogP contribution is 2.31. The average Bonchev–Trinajstić information content (AvgIpc) is 2.95. The van der Waals surface area contributed by atoms with E-state index in [9.17, 15) is 9.18 Å². The minimum absolute atomic E-state index is 0.117. The van der Waals surface area contributed by atoms with Gasteiger partial charge in [-0.05, 0) is 49.2 Å². The standard InChI is InChI=1S/C17H15FN2OS2/c1-10-3-4-11(2)16-15(10)20-17(23-16)19-14(21)9-22-13-7-5-12(18)6-8-13/h3-8H,9H2,1-2H3,(H,19,20,21). The second-order valence-corrected chi connectivity index (χ2v) is 7.23. The van der Waals surface area contributed by atoms with E-state index >= 15 is 0 Å². The second kappa shape index (κ2) is 6.68. The van der Waals surface area contributed by atoms with Crippen LogP contribution in [0.5, 0.6) is 0 Å². The Balaban J connectivity index is 1.67. The van der Waals surface area contributed by atoms with Gasteiger partial charge < -0.3 is 5.32 Å². The minimum atomic E-state index is -0.279. The summed E-state index contributed by atoms with van der Waals surface area (Å²) < 4.78 is 13.9. The molecule has 0 saturated carbocycles. The van der Waals surface area contributed by atoms with Crippen LogP contribution in [0.1, 0.15) is 11.1 Å². The van der Waals surface area contributed by atoms with Crippen LogP contribution >= 0.6 is 23.1 Å². The van der Waals surface area contributed by atoms with E-state index in [1.807, 2.05) is 19.9 Å². The summed E-state index contributed by atoms with van der Waals surface area (Å²) in [7, 11) is 0. The first-order valence-electron chi connectivity index (χ1n) is 7.08. The minimum Gasteiger partial charge on any atom is -0.301 e. The number of carbonyl (C=O) groups excluding carboxylic acids is 1. The first-order valence-corrected chi connectivity index (χ1v) is 8.88. The normalized spacial score (nSPS) is 10.9. The van der Waals surface area contributed by atoms with E-state index in [-0.39, 0.29) is 17.5 Å². The maximum absolute atomic E-state index is 12.8. The summed E-state index contributed by atoms with van der Waals surface area (Å²) in [5, 5.41) is 3.45. The first-order chi connectivity index (χ1) is 11.0. The molecule has 1 aromatic heterocycles. The summed E-state index contributed by atoms with van der Waals surface area (Å²) in [4.78, 5) is 17.4. The molecular weight excluding hydrogens is 331 g/mol. The van der Waals surface area contributed by atoms with Crippen LogP contribution in [0.2, 0.25) is 0 Å². The van der Waals surface area contributed by atoms with E-state index in [2.05, 4.69) is 16.4 Å². The lowest BCUT2D eigenvalue weighted by atomic mass is 10.1. The Bertz CT molecular complexity index is 820. The number of nitrogens with zero attached hydrogens (tertiary/aromatic N) is 1. The van der Waals surface area contributed by atoms with Crippen LogP contribution in [0.4, 0.5) is 9.52 Å². The molecule has 1 amide bonds. The van der Waals surface area contributed by atoms with Crippen molar-refractivity contribution in [3.8, 4) is 0 Å². The Kier molecular flexibility index (Phi) is 4.63. The zero-order valence-electron chi connectivity index (χ0n) is 12.7. The maximum atomic E-state index is 12.8. The average molecular weight is 346 g/mol. The molecule has 0 spiro atoms. The van der Waals surface area contributed by atoms with Gasteiger partial charge in [-0.25, -0.2) is 9.37 Å². The molecule has 1 N–H and O–H groups in total. The Hall–Kier alpha value is -1.92. The van der Waals surface area contributed by atoms with Crippen molar-refractivity contribution >= 4 is 44.4 Å². The molecule has 0 aliphatic heterocycles. The Morgan fingerprint density at radius 3 is 2.57 bits per heavy atom. The predicted octanol–water partition coefficient (Wildman–Crippen LogP) is 4.78. The van der Waals surface area contributed by atoms with Crippen molar-refractivity contribution in [3.05, 3.63) is 53.3 Å². The summed E-state index contributed by atoms with van der Waals surface area (Å²) in [5.74, 6) is -0.132. The van der Waals surface area contributed by atoms with Crippen LogP contribution in [-0.4, -0.2) is 16.6 Å². The van der Waals surface area contributed by atoms with Crippen LogP contribution in [-0.2, 0) is 4.79 Å². The van der Waals surface area contributed by atoms with Crippen molar-refractivity contribution in [2.75, 3.05) is 11.1 Å². The van der Waals surface area contributed by atoms with Crippen molar-refractivity contribution in [2.24, 2.45) is 0 Å². The van der Waals surface area contributed by atoms with Crippen LogP contribution in [0.25, 0.3) is 10.2 Å². The summed E-state index contributed by atoms with van der Waals surface area (Å²) in [5.41, 5.74) is 3.20. The molecule has 3 rings (SSSR count). The van der Waals surface area contributed by atoms with Gasteiger partial charge in [0.25, 0.3) is 0 Å². The molecule has 0 saturated heterocycles. The molecule has 23 heavy (non-hydrogen) atoms. The third kappa shape index (κ3) is 3.71. The van der Waals surface area contributed by atoms with Gasteiger partial charge in [0, 0.05) is 4.90 Å². The van der Waals surface area contributed by atoms with E-state index < -0.39 is 0 Å². The molecule has 2 aromatic carbocycles. The molecule has 0 bridgehead atoms. The number of carbonyl (C=O) groups is 1. The number of amides is 1. The molecule has 3 nitrogen and oxygen atoms in total. The fourth-order valence-electron chi connectivity index (χ4n) is 2.15. The third-order valence-electron chi connectivity index (χ3n) is 3.37. The number of rotatable bonds is 4. The summed E-state index contributed by atoms with van der Waals surface area (Å²) in [6, 6.07) is 10.2. The van der Waals surface area contributed by atoms with Gasteiger partial charge >= 0.3 is 0 Å². The molecular formula is C17H15FN2OS2. The smallest absolute Gasteiger partial charge is 0.236 e. The SMILES string of the molecule is Cc1ccc(C)c2sc(NC(=O)CSc3ccc(F)cc3)nc12. The molecule has 0 unspecified atom stereocenters. The van der Waals surface area contributed by atoms with Crippen molar-refractivity contribution in [1.82, 2.24) is 4.98 Å². The Morgan fingerprint density at radius 2 is 1.87 bits per heavy atom. The lowest BCUT2D eigenvalue weighted by molar-refractivity contribution is -0.113. The summed E-state index contributed by atoms with van der Waals surface area (Å²) in [6.07, 6.45) is 0. The number of halogens is 1. The Labute approximate surface area is 141 Å². The summed E-state index contributed by atoms with van der Waals surface area (Å²) in [6.45, 7) is 4.05. The molecule has 0 aliphatic rings. The highest BCUT2D eigenvalue weighted by atomic mass is 32.2. The third-order valence-corrected chi connectivity index (χ3v) is 5.49. The highest BCUT2D eigenvalue weighted by Gasteiger charge is 2.11. The van der Waals surface area contributed by atoms with Crippen molar-refractivity contribution in [3.63, 3.8) is 0 Å².